The molecule has 20 heavy (non-hydrogen) atoms. The molecule has 3 rings (SSSR count). The van der Waals surface area contributed by atoms with Crippen LogP contribution in [0.3, 0.4) is 0 Å². The van der Waals surface area contributed by atoms with Crippen LogP contribution in [0.15, 0.2) is 28.9 Å². The van der Waals surface area contributed by atoms with Gasteiger partial charge in [-0.3, -0.25) is 0 Å². The highest BCUT2D eigenvalue weighted by atomic mass is 19.1. The Balaban J connectivity index is 1.84. The highest BCUT2D eigenvalue weighted by Gasteiger charge is 2.48. The van der Waals surface area contributed by atoms with Crippen molar-refractivity contribution in [2.24, 2.45) is 16.5 Å². The first-order valence-corrected chi connectivity index (χ1v) is 6.17. The molecule has 9 heteroatoms. The Hall–Kier alpha value is -1.84. The second-order valence-corrected chi connectivity index (χ2v) is 4.85. The number of amidine groups is 1. The lowest BCUT2D eigenvalue weighted by molar-refractivity contribution is -0.0172. The average Bonchev–Trinajstić information content (AvgIpc) is 2.93. The molecule has 0 aromatic heterocycles. The van der Waals surface area contributed by atoms with Gasteiger partial charge in [-0.05, 0) is 0 Å². The fourth-order valence-electron chi connectivity index (χ4n) is 2.57. The van der Waals surface area contributed by atoms with Crippen molar-refractivity contribution in [1.29, 1.82) is 0 Å². The number of hydrogen-bond acceptors (Lipinski definition) is 8. The molecule has 3 heterocycles. The number of nitrogens with zero attached hydrogens (tertiary/aromatic N) is 2. The molecule has 0 aliphatic carbocycles. The van der Waals surface area contributed by atoms with Gasteiger partial charge in [0.2, 0.25) is 0 Å². The van der Waals surface area contributed by atoms with Gasteiger partial charge in [-0.1, -0.05) is 0 Å². The van der Waals surface area contributed by atoms with Crippen LogP contribution in [0.4, 0.5) is 4.39 Å². The first-order chi connectivity index (χ1) is 9.52. The van der Waals surface area contributed by atoms with Crippen LogP contribution >= 0.6 is 0 Å². The molecule has 7 N–H and O–H groups in total. The Kier molecular flexibility index (Phi) is 3.04. The van der Waals surface area contributed by atoms with Crippen molar-refractivity contribution in [3.8, 4) is 0 Å². The fourth-order valence-corrected chi connectivity index (χ4v) is 2.57. The molecule has 0 aromatic rings. The molecule has 3 aliphatic rings. The molecule has 0 amide bonds. The summed E-state index contributed by atoms with van der Waals surface area (Å²) < 4.78 is 19.5. The maximum absolute atomic E-state index is 14.1. The maximum Gasteiger partial charge on any atom is 0.162 e. The summed E-state index contributed by atoms with van der Waals surface area (Å²) in [5.74, 6) is 0.449. The Labute approximate surface area is 114 Å². The van der Waals surface area contributed by atoms with E-state index in [0.717, 1.165) is 0 Å². The van der Waals surface area contributed by atoms with E-state index >= 15 is 0 Å². The number of aliphatic hydroxyl groups is 2. The van der Waals surface area contributed by atoms with Crippen LogP contribution in [0, 0.1) is 0 Å². The van der Waals surface area contributed by atoms with Crippen LogP contribution in [-0.2, 0) is 4.74 Å². The number of alkyl halides is 1. The molecule has 110 valence electrons. The standard InChI is InChI=1S/C11H16FN5O3/c12-7-8(19)5(3-18)20-9(7)4-1-15-11-10(14)16-6(13)2-17(4)11/h1-2,5,7-9,11,15,18-19H,3,13H2,(H2,14,16)/t5-,7-,8-,9+,11?/m1/s1. The van der Waals surface area contributed by atoms with Crippen molar-refractivity contribution in [2.75, 3.05) is 6.61 Å². The van der Waals surface area contributed by atoms with Gasteiger partial charge in [0.25, 0.3) is 0 Å². The maximum atomic E-state index is 14.1. The van der Waals surface area contributed by atoms with Gasteiger partial charge in [-0.2, -0.15) is 0 Å². The zero-order valence-corrected chi connectivity index (χ0v) is 10.5. The molecule has 0 bridgehead atoms. The lowest BCUT2D eigenvalue weighted by atomic mass is 10.1. The Morgan fingerprint density at radius 2 is 2.25 bits per heavy atom. The van der Waals surface area contributed by atoms with Crippen molar-refractivity contribution < 1.29 is 19.3 Å². The second kappa shape index (κ2) is 4.62. The minimum atomic E-state index is -1.64. The van der Waals surface area contributed by atoms with Crippen LogP contribution in [0.25, 0.3) is 0 Å². The second-order valence-electron chi connectivity index (χ2n) is 4.85. The van der Waals surface area contributed by atoms with Crippen LogP contribution < -0.4 is 16.8 Å². The van der Waals surface area contributed by atoms with E-state index in [0.29, 0.717) is 5.70 Å². The summed E-state index contributed by atoms with van der Waals surface area (Å²) >= 11 is 0. The molecule has 1 fully saturated rings. The molecule has 1 unspecified atom stereocenters. The molecule has 3 aliphatic heterocycles. The van der Waals surface area contributed by atoms with E-state index < -0.39 is 37.3 Å². The van der Waals surface area contributed by atoms with Crippen molar-refractivity contribution in [2.45, 2.75) is 30.6 Å². The number of aliphatic imine (C=N–C) groups is 1. The topological polar surface area (TPSA) is 129 Å². The largest absolute Gasteiger partial charge is 0.394 e. The van der Waals surface area contributed by atoms with Crippen molar-refractivity contribution >= 4 is 5.84 Å². The fraction of sp³-hybridized carbons (Fsp3) is 0.545. The lowest BCUT2D eigenvalue weighted by Gasteiger charge is -2.30. The van der Waals surface area contributed by atoms with E-state index in [4.69, 9.17) is 21.3 Å². The highest BCUT2D eigenvalue weighted by Crippen LogP contribution is 2.33. The number of nitrogens with two attached hydrogens (primary N) is 2. The van der Waals surface area contributed by atoms with Gasteiger partial charge < -0.3 is 36.6 Å². The Morgan fingerprint density at radius 3 is 2.90 bits per heavy atom. The van der Waals surface area contributed by atoms with Crippen molar-refractivity contribution in [1.82, 2.24) is 10.2 Å². The van der Waals surface area contributed by atoms with Crippen molar-refractivity contribution in [3.63, 3.8) is 0 Å². The quantitative estimate of drug-likeness (QED) is 0.384. The van der Waals surface area contributed by atoms with Crippen molar-refractivity contribution in [3.05, 3.63) is 23.9 Å². The summed E-state index contributed by atoms with van der Waals surface area (Å²) in [6, 6.07) is 0. The molecular formula is C11H16FN5O3. The summed E-state index contributed by atoms with van der Waals surface area (Å²) in [5.41, 5.74) is 11.8. The number of hydrogen-bond donors (Lipinski definition) is 5. The van der Waals surface area contributed by atoms with Gasteiger partial charge >= 0.3 is 0 Å². The van der Waals surface area contributed by atoms with Gasteiger partial charge in [0, 0.05) is 12.4 Å². The van der Waals surface area contributed by atoms with Gasteiger partial charge in [0.1, 0.15) is 30.0 Å². The first kappa shape index (κ1) is 13.2. The third-order valence-corrected chi connectivity index (χ3v) is 3.56. The molecule has 5 atom stereocenters. The van der Waals surface area contributed by atoms with Crippen LogP contribution in [-0.4, -0.2) is 58.2 Å². The minimum absolute atomic E-state index is 0.195. The van der Waals surface area contributed by atoms with Gasteiger partial charge in [0.05, 0.1) is 12.3 Å². The lowest BCUT2D eigenvalue weighted by Crippen LogP contribution is -2.49. The average molecular weight is 285 g/mol. The van der Waals surface area contributed by atoms with Crippen LogP contribution in [0.5, 0.6) is 0 Å². The summed E-state index contributed by atoms with van der Waals surface area (Å²) in [5, 5.41) is 21.7. The number of halogens is 1. The predicted molar refractivity (Wildman–Crippen MR) is 67.4 cm³/mol. The van der Waals surface area contributed by atoms with E-state index in [2.05, 4.69) is 10.3 Å². The van der Waals surface area contributed by atoms with E-state index in [9.17, 15) is 9.50 Å². The van der Waals surface area contributed by atoms with E-state index in [1.165, 1.54) is 6.20 Å². The molecule has 1 saturated heterocycles. The summed E-state index contributed by atoms with van der Waals surface area (Å²) in [6.45, 7) is -0.455. The number of ether oxygens (including phenoxy) is 1. The summed E-state index contributed by atoms with van der Waals surface area (Å²) in [6.07, 6.45) is -2.36. The smallest absolute Gasteiger partial charge is 0.162 e. The molecular weight excluding hydrogens is 269 g/mol. The number of fused-ring (bicyclic) bond motifs is 1. The van der Waals surface area contributed by atoms with Gasteiger partial charge in [-0.15, -0.1) is 0 Å². The van der Waals surface area contributed by atoms with Gasteiger partial charge in [-0.25, -0.2) is 9.38 Å². The van der Waals surface area contributed by atoms with E-state index in [-0.39, 0.29) is 11.7 Å². The third kappa shape index (κ3) is 1.82. The molecule has 0 spiro atoms. The zero-order valence-electron chi connectivity index (χ0n) is 10.5. The number of nitrogens with one attached hydrogen (secondary N) is 1. The van der Waals surface area contributed by atoms with Crippen LogP contribution in [0.1, 0.15) is 0 Å². The molecule has 0 saturated carbocycles. The Morgan fingerprint density at radius 1 is 1.50 bits per heavy atom. The molecule has 0 aromatic carbocycles. The molecule has 0 radical (unpaired) electrons. The first-order valence-electron chi connectivity index (χ1n) is 6.17. The van der Waals surface area contributed by atoms with E-state index in [1.807, 2.05) is 0 Å². The normalized spacial score (nSPS) is 39.9. The van der Waals surface area contributed by atoms with Gasteiger partial charge in [0.15, 0.2) is 12.3 Å². The third-order valence-electron chi connectivity index (χ3n) is 3.56. The SMILES string of the molecule is NC1=CN2C([C@@H]3O[C@H](CO)[C@@H](O)[C@H]3F)=CNC2C(N)=N1. The minimum Gasteiger partial charge on any atom is -0.394 e. The Bertz CT molecular complexity index is 508. The van der Waals surface area contributed by atoms with Crippen LogP contribution in [0.2, 0.25) is 0 Å². The highest BCUT2D eigenvalue weighted by molar-refractivity contribution is 5.88. The monoisotopic (exact) mass is 285 g/mol. The summed E-state index contributed by atoms with van der Waals surface area (Å²) in [7, 11) is 0. The molecule has 8 nitrogen and oxygen atoms in total. The summed E-state index contributed by atoms with van der Waals surface area (Å²) in [4.78, 5) is 5.54. The predicted octanol–water partition coefficient (Wildman–Crippen LogP) is -2.35. The number of aliphatic hydroxyl groups excluding tert-OH is 2. The number of rotatable bonds is 2. The zero-order chi connectivity index (χ0) is 14.4. The van der Waals surface area contributed by atoms with E-state index in [1.54, 1.807) is 11.1 Å².